The normalized spacial score (nSPS) is 18.9. The van der Waals surface area contributed by atoms with E-state index in [-0.39, 0.29) is 19.0 Å². The van der Waals surface area contributed by atoms with E-state index in [2.05, 4.69) is 11.9 Å². The van der Waals surface area contributed by atoms with Gasteiger partial charge in [-0.3, -0.25) is 9.69 Å². The van der Waals surface area contributed by atoms with Gasteiger partial charge >= 0.3 is 0 Å². The molecule has 0 aromatic rings. The Hall–Kier alpha value is -0.940. The van der Waals surface area contributed by atoms with E-state index in [1.165, 1.54) is 0 Å². The van der Waals surface area contributed by atoms with Crippen LogP contribution in [0.5, 0.6) is 0 Å². The highest BCUT2D eigenvalue weighted by Gasteiger charge is 2.42. The summed E-state index contributed by atoms with van der Waals surface area (Å²) in [6.07, 6.45) is 0.876. The molecule has 92 valence electrons. The third kappa shape index (κ3) is 3.28. The van der Waals surface area contributed by atoms with Crippen LogP contribution in [0.2, 0.25) is 0 Å². The molecule has 1 heterocycles. The number of aliphatic hydroxyl groups is 1. The molecule has 5 heteroatoms. The van der Waals surface area contributed by atoms with Gasteiger partial charge in [0.05, 0.1) is 6.61 Å². The predicted octanol–water partition coefficient (Wildman–Crippen LogP) is 0.0850. The average Bonchev–Trinajstić information content (AvgIpc) is 2.23. The Balaban J connectivity index is 2.24. The van der Waals surface area contributed by atoms with Gasteiger partial charge in [-0.25, -0.2) is 4.39 Å². The van der Waals surface area contributed by atoms with Gasteiger partial charge in [0.15, 0.2) is 5.67 Å². The minimum atomic E-state index is -1.49. The van der Waals surface area contributed by atoms with E-state index in [4.69, 9.17) is 5.11 Å². The zero-order chi connectivity index (χ0) is 12.2. The van der Waals surface area contributed by atoms with Gasteiger partial charge in [-0.2, -0.15) is 0 Å². The smallest absolute Gasteiger partial charge is 0.247 e. The molecule has 0 unspecified atom stereocenters. The van der Waals surface area contributed by atoms with Crippen molar-refractivity contribution in [2.75, 3.05) is 32.8 Å². The standard InChI is InChI=1S/C11H19FN2O2/c1-3-4-13-10(16)9(2)5-14-6-11(12,7-14)8-15/h15H,2-8H2,1H3,(H,13,16). The topological polar surface area (TPSA) is 52.6 Å². The zero-order valence-electron chi connectivity index (χ0n) is 9.63. The van der Waals surface area contributed by atoms with Crippen LogP contribution in [0, 0.1) is 0 Å². The van der Waals surface area contributed by atoms with E-state index < -0.39 is 12.3 Å². The SMILES string of the molecule is C=C(CN1CC(F)(CO)C1)C(=O)NCCC. The van der Waals surface area contributed by atoms with Crippen molar-refractivity contribution >= 4 is 5.91 Å². The maximum Gasteiger partial charge on any atom is 0.247 e. The fourth-order valence-corrected chi connectivity index (χ4v) is 1.67. The van der Waals surface area contributed by atoms with E-state index in [9.17, 15) is 9.18 Å². The summed E-state index contributed by atoms with van der Waals surface area (Å²) in [7, 11) is 0. The molecule has 0 atom stereocenters. The molecule has 4 nitrogen and oxygen atoms in total. The summed E-state index contributed by atoms with van der Waals surface area (Å²) in [5, 5.41) is 11.4. The molecular formula is C11H19FN2O2. The summed E-state index contributed by atoms with van der Waals surface area (Å²) < 4.78 is 13.3. The second-order valence-electron chi connectivity index (χ2n) is 4.31. The number of carbonyl (C=O) groups is 1. The molecule has 0 spiro atoms. The third-order valence-corrected chi connectivity index (χ3v) is 2.57. The van der Waals surface area contributed by atoms with Gasteiger partial charge in [-0.1, -0.05) is 13.5 Å². The first-order valence-corrected chi connectivity index (χ1v) is 5.49. The van der Waals surface area contributed by atoms with Gasteiger partial charge in [0.1, 0.15) is 0 Å². The average molecular weight is 230 g/mol. The molecular weight excluding hydrogens is 211 g/mol. The van der Waals surface area contributed by atoms with Crippen molar-refractivity contribution in [1.29, 1.82) is 0 Å². The zero-order valence-corrected chi connectivity index (χ0v) is 9.63. The Morgan fingerprint density at radius 3 is 2.75 bits per heavy atom. The molecule has 1 amide bonds. The summed E-state index contributed by atoms with van der Waals surface area (Å²) in [6, 6.07) is 0. The third-order valence-electron chi connectivity index (χ3n) is 2.57. The summed E-state index contributed by atoms with van der Waals surface area (Å²) in [6.45, 7) is 6.50. The van der Waals surface area contributed by atoms with Gasteiger partial charge in [0.2, 0.25) is 5.91 Å². The van der Waals surface area contributed by atoms with E-state index in [1.807, 2.05) is 6.92 Å². The summed E-state index contributed by atoms with van der Waals surface area (Å²) in [4.78, 5) is 13.2. The van der Waals surface area contributed by atoms with Crippen LogP contribution >= 0.6 is 0 Å². The van der Waals surface area contributed by atoms with Crippen LogP contribution in [0.3, 0.4) is 0 Å². The van der Waals surface area contributed by atoms with E-state index in [1.54, 1.807) is 4.90 Å². The fraction of sp³-hybridized carbons (Fsp3) is 0.727. The number of alkyl halides is 1. The van der Waals surface area contributed by atoms with Crippen LogP contribution in [0.1, 0.15) is 13.3 Å². The molecule has 0 aromatic carbocycles. The number of likely N-dealkylation sites (tertiary alicyclic amines) is 1. The van der Waals surface area contributed by atoms with Crippen molar-refractivity contribution in [3.05, 3.63) is 12.2 Å². The lowest BCUT2D eigenvalue weighted by Gasteiger charge is -2.43. The second-order valence-corrected chi connectivity index (χ2v) is 4.31. The maximum absolute atomic E-state index is 13.3. The molecule has 1 aliphatic heterocycles. The molecule has 16 heavy (non-hydrogen) atoms. The Morgan fingerprint density at radius 2 is 2.25 bits per heavy atom. The van der Waals surface area contributed by atoms with Crippen molar-refractivity contribution in [2.45, 2.75) is 19.0 Å². The first-order chi connectivity index (χ1) is 7.50. The lowest BCUT2D eigenvalue weighted by atomic mass is 9.97. The van der Waals surface area contributed by atoms with Crippen LogP contribution in [0.4, 0.5) is 4.39 Å². The van der Waals surface area contributed by atoms with Gasteiger partial charge in [-0.05, 0) is 6.42 Å². The van der Waals surface area contributed by atoms with Crippen molar-refractivity contribution < 1.29 is 14.3 Å². The molecule has 1 aliphatic rings. The first-order valence-electron chi connectivity index (χ1n) is 5.49. The summed E-state index contributed by atoms with van der Waals surface area (Å²) in [5.74, 6) is -0.179. The van der Waals surface area contributed by atoms with E-state index in [0.29, 0.717) is 18.7 Å². The van der Waals surface area contributed by atoms with Crippen molar-refractivity contribution in [2.24, 2.45) is 0 Å². The Morgan fingerprint density at radius 1 is 1.62 bits per heavy atom. The highest BCUT2D eigenvalue weighted by Crippen LogP contribution is 2.24. The quantitative estimate of drug-likeness (QED) is 0.636. The van der Waals surface area contributed by atoms with Crippen molar-refractivity contribution in [1.82, 2.24) is 10.2 Å². The molecule has 1 rings (SSSR count). The number of nitrogens with zero attached hydrogens (tertiary/aromatic N) is 1. The molecule has 1 fully saturated rings. The molecule has 0 bridgehead atoms. The lowest BCUT2D eigenvalue weighted by molar-refractivity contribution is -0.118. The monoisotopic (exact) mass is 230 g/mol. The maximum atomic E-state index is 13.3. The molecule has 0 aromatic heterocycles. The van der Waals surface area contributed by atoms with Crippen molar-refractivity contribution in [3.8, 4) is 0 Å². The molecule has 0 aliphatic carbocycles. The number of aliphatic hydroxyl groups excluding tert-OH is 1. The minimum Gasteiger partial charge on any atom is -0.393 e. The Labute approximate surface area is 95.1 Å². The Bertz CT molecular complexity index is 275. The molecule has 0 radical (unpaired) electrons. The summed E-state index contributed by atoms with van der Waals surface area (Å²) in [5.41, 5.74) is -1.05. The number of nitrogens with one attached hydrogen (secondary N) is 1. The predicted molar refractivity (Wildman–Crippen MR) is 59.8 cm³/mol. The van der Waals surface area contributed by atoms with E-state index in [0.717, 1.165) is 6.42 Å². The van der Waals surface area contributed by atoms with Crippen molar-refractivity contribution in [3.63, 3.8) is 0 Å². The van der Waals surface area contributed by atoms with E-state index >= 15 is 0 Å². The van der Waals surface area contributed by atoms with Crippen LogP contribution in [0.15, 0.2) is 12.2 Å². The van der Waals surface area contributed by atoms with Crippen LogP contribution in [-0.4, -0.2) is 54.4 Å². The van der Waals surface area contributed by atoms with Gasteiger partial charge < -0.3 is 10.4 Å². The van der Waals surface area contributed by atoms with Gasteiger partial charge in [-0.15, -0.1) is 0 Å². The molecule has 0 saturated carbocycles. The Kier molecular flexibility index (Phi) is 4.44. The van der Waals surface area contributed by atoms with Crippen LogP contribution in [0.25, 0.3) is 0 Å². The second kappa shape index (κ2) is 5.41. The lowest BCUT2D eigenvalue weighted by Crippen LogP contribution is -2.61. The van der Waals surface area contributed by atoms with Gasteiger partial charge in [0, 0.05) is 31.8 Å². The minimum absolute atomic E-state index is 0.170. The fourth-order valence-electron chi connectivity index (χ4n) is 1.67. The number of rotatable bonds is 6. The van der Waals surface area contributed by atoms with Gasteiger partial charge in [0.25, 0.3) is 0 Å². The summed E-state index contributed by atoms with van der Waals surface area (Å²) >= 11 is 0. The number of hydrogen-bond acceptors (Lipinski definition) is 3. The highest BCUT2D eigenvalue weighted by atomic mass is 19.1. The number of halogens is 1. The number of amides is 1. The van der Waals surface area contributed by atoms with Crippen LogP contribution in [-0.2, 0) is 4.79 Å². The largest absolute Gasteiger partial charge is 0.393 e. The number of hydrogen-bond donors (Lipinski definition) is 2. The first kappa shape index (κ1) is 13.1. The molecule has 2 N–H and O–H groups in total. The number of carbonyl (C=O) groups excluding carboxylic acids is 1. The van der Waals surface area contributed by atoms with Crippen LogP contribution < -0.4 is 5.32 Å². The molecule has 1 saturated heterocycles. The highest BCUT2D eigenvalue weighted by molar-refractivity contribution is 5.93.